The average Bonchev–Trinajstić information content (AvgIpc) is 2.55. The van der Waals surface area contributed by atoms with Gasteiger partial charge < -0.3 is 14.8 Å². The second kappa shape index (κ2) is 4.32. The third kappa shape index (κ3) is 1.90. The third-order valence-electron chi connectivity index (χ3n) is 2.25. The number of ketones is 1. The topological polar surface area (TPSA) is 64.6 Å². The fraction of sp³-hybridized carbons (Fsp3) is 0.273. The first-order valence-corrected chi connectivity index (χ1v) is 4.84. The molecule has 0 bridgehead atoms. The van der Waals surface area contributed by atoms with E-state index >= 15 is 0 Å². The minimum Gasteiger partial charge on any atom is -0.491 e. The first kappa shape index (κ1) is 10.6. The summed E-state index contributed by atoms with van der Waals surface area (Å²) in [5, 5.41) is 2.48. The van der Waals surface area contributed by atoms with Crippen molar-refractivity contribution in [2.75, 3.05) is 25.6 Å². The van der Waals surface area contributed by atoms with Crippen LogP contribution < -0.4 is 10.1 Å². The van der Waals surface area contributed by atoms with Crippen LogP contribution in [0.3, 0.4) is 0 Å². The predicted molar refractivity (Wildman–Crippen MR) is 56.8 cm³/mol. The normalized spacial score (nSPS) is 13.6. The molecule has 0 fully saturated rings. The molecule has 0 radical (unpaired) electrons. The summed E-state index contributed by atoms with van der Waals surface area (Å²) in [5.41, 5.74) is 0.897. The second-order valence-electron chi connectivity index (χ2n) is 3.33. The van der Waals surface area contributed by atoms with E-state index in [4.69, 9.17) is 9.47 Å². The van der Waals surface area contributed by atoms with Crippen molar-refractivity contribution in [1.29, 1.82) is 0 Å². The predicted octanol–water partition coefficient (Wildman–Crippen LogP) is 0.847. The third-order valence-corrected chi connectivity index (χ3v) is 2.25. The summed E-state index contributed by atoms with van der Waals surface area (Å²) in [5.74, 6) is -0.492. The van der Waals surface area contributed by atoms with Gasteiger partial charge in [0.15, 0.2) is 0 Å². The zero-order valence-corrected chi connectivity index (χ0v) is 8.78. The van der Waals surface area contributed by atoms with Gasteiger partial charge in [0.1, 0.15) is 12.4 Å². The van der Waals surface area contributed by atoms with E-state index in [1.54, 1.807) is 25.3 Å². The van der Waals surface area contributed by atoms with Crippen LogP contribution in [0.2, 0.25) is 0 Å². The van der Waals surface area contributed by atoms with E-state index < -0.39 is 11.7 Å². The Labute approximate surface area is 92.4 Å². The summed E-state index contributed by atoms with van der Waals surface area (Å²) in [6.07, 6.45) is 0. The molecule has 0 aliphatic carbocycles. The molecule has 5 heteroatoms. The molecule has 16 heavy (non-hydrogen) atoms. The molecule has 0 unspecified atom stereocenters. The summed E-state index contributed by atoms with van der Waals surface area (Å²) < 4.78 is 10.2. The Kier molecular flexibility index (Phi) is 2.87. The van der Waals surface area contributed by atoms with E-state index in [2.05, 4.69) is 5.32 Å². The number of benzene rings is 1. The number of nitrogens with one attached hydrogen (secondary N) is 1. The van der Waals surface area contributed by atoms with Gasteiger partial charge in [-0.25, -0.2) is 0 Å². The largest absolute Gasteiger partial charge is 0.491 e. The fourth-order valence-electron chi connectivity index (χ4n) is 1.46. The number of Topliss-reactive ketones (excluding diaryl/α,β-unsaturated/α-hetero) is 1. The van der Waals surface area contributed by atoms with Crippen molar-refractivity contribution in [3.63, 3.8) is 0 Å². The van der Waals surface area contributed by atoms with Gasteiger partial charge in [0.05, 0.1) is 17.9 Å². The molecular formula is C11H11NO4. The zero-order valence-electron chi connectivity index (χ0n) is 8.78. The maximum atomic E-state index is 11.3. The molecule has 0 saturated heterocycles. The summed E-state index contributed by atoms with van der Waals surface area (Å²) in [6.45, 7) is 0.916. The lowest BCUT2D eigenvalue weighted by Gasteiger charge is -2.06. The van der Waals surface area contributed by atoms with Crippen molar-refractivity contribution in [1.82, 2.24) is 0 Å². The lowest BCUT2D eigenvalue weighted by Crippen LogP contribution is -2.12. The SMILES string of the molecule is COCCOc1ccc2c(c1)NC(=O)C2=O. The molecule has 0 aromatic heterocycles. The highest BCUT2D eigenvalue weighted by Gasteiger charge is 2.27. The summed E-state index contributed by atoms with van der Waals surface area (Å²) in [7, 11) is 1.59. The number of amides is 1. The van der Waals surface area contributed by atoms with Crippen molar-refractivity contribution in [2.45, 2.75) is 0 Å². The Morgan fingerprint density at radius 2 is 2.06 bits per heavy atom. The number of carbonyl (C=O) groups excluding carboxylic acids is 2. The van der Waals surface area contributed by atoms with Crippen LogP contribution >= 0.6 is 0 Å². The van der Waals surface area contributed by atoms with E-state index in [-0.39, 0.29) is 0 Å². The highest BCUT2D eigenvalue weighted by Crippen LogP contribution is 2.27. The highest BCUT2D eigenvalue weighted by molar-refractivity contribution is 6.51. The van der Waals surface area contributed by atoms with Crippen LogP contribution in [0.5, 0.6) is 5.75 Å². The van der Waals surface area contributed by atoms with Crippen molar-refractivity contribution in [2.24, 2.45) is 0 Å². The summed E-state index contributed by atoms with van der Waals surface area (Å²) in [6, 6.07) is 4.87. The number of hydrogen-bond donors (Lipinski definition) is 1. The van der Waals surface area contributed by atoms with Gasteiger partial charge in [-0.15, -0.1) is 0 Å². The molecule has 1 aromatic carbocycles. The molecule has 1 heterocycles. The number of ether oxygens (including phenoxy) is 2. The fourth-order valence-corrected chi connectivity index (χ4v) is 1.46. The molecule has 0 spiro atoms. The lowest BCUT2D eigenvalue weighted by atomic mass is 10.1. The van der Waals surface area contributed by atoms with Gasteiger partial charge in [-0.05, 0) is 12.1 Å². The number of fused-ring (bicyclic) bond motifs is 1. The minimum absolute atomic E-state index is 0.393. The molecular weight excluding hydrogens is 210 g/mol. The number of anilines is 1. The highest BCUT2D eigenvalue weighted by atomic mass is 16.5. The molecule has 84 valence electrons. The summed E-state index contributed by atoms with van der Waals surface area (Å²) >= 11 is 0. The van der Waals surface area contributed by atoms with Gasteiger partial charge in [0, 0.05) is 13.2 Å². The molecule has 2 rings (SSSR count). The zero-order chi connectivity index (χ0) is 11.5. The van der Waals surface area contributed by atoms with Crippen molar-refractivity contribution >= 4 is 17.4 Å². The quantitative estimate of drug-likeness (QED) is 0.604. The minimum atomic E-state index is -0.593. The Morgan fingerprint density at radius 3 is 2.81 bits per heavy atom. The molecule has 1 aliphatic rings. The number of methoxy groups -OCH3 is 1. The first-order valence-electron chi connectivity index (χ1n) is 4.84. The smallest absolute Gasteiger partial charge is 0.296 e. The van der Waals surface area contributed by atoms with Crippen molar-refractivity contribution in [3.8, 4) is 5.75 Å². The number of hydrogen-bond acceptors (Lipinski definition) is 4. The van der Waals surface area contributed by atoms with Crippen LogP contribution in [-0.4, -0.2) is 32.0 Å². The number of rotatable bonds is 4. The van der Waals surface area contributed by atoms with Crippen LogP contribution in [0.1, 0.15) is 10.4 Å². The van der Waals surface area contributed by atoms with Gasteiger partial charge in [-0.1, -0.05) is 0 Å². The van der Waals surface area contributed by atoms with E-state index in [0.717, 1.165) is 0 Å². The van der Waals surface area contributed by atoms with Crippen LogP contribution in [0.15, 0.2) is 18.2 Å². The number of carbonyl (C=O) groups is 2. The van der Waals surface area contributed by atoms with E-state index in [1.807, 2.05) is 0 Å². The molecule has 1 aromatic rings. The Morgan fingerprint density at radius 1 is 1.25 bits per heavy atom. The molecule has 5 nitrogen and oxygen atoms in total. The average molecular weight is 221 g/mol. The lowest BCUT2D eigenvalue weighted by molar-refractivity contribution is -0.112. The molecule has 1 N–H and O–H groups in total. The molecule has 0 saturated carbocycles. The second-order valence-corrected chi connectivity index (χ2v) is 3.33. The summed E-state index contributed by atoms with van der Waals surface area (Å²) in [4.78, 5) is 22.4. The van der Waals surface area contributed by atoms with Crippen molar-refractivity contribution < 1.29 is 19.1 Å². The van der Waals surface area contributed by atoms with Crippen LogP contribution in [0, 0.1) is 0 Å². The Balaban J connectivity index is 2.12. The van der Waals surface area contributed by atoms with E-state index in [0.29, 0.717) is 30.2 Å². The van der Waals surface area contributed by atoms with Gasteiger partial charge in [-0.2, -0.15) is 0 Å². The maximum Gasteiger partial charge on any atom is 0.296 e. The van der Waals surface area contributed by atoms with Crippen LogP contribution in [0.4, 0.5) is 5.69 Å². The van der Waals surface area contributed by atoms with Gasteiger partial charge >= 0.3 is 0 Å². The monoisotopic (exact) mass is 221 g/mol. The van der Waals surface area contributed by atoms with Gasteiger partial charge in [-0.3, -0.25) is 9.59 Å². The van der Waals surface area contributed by atoms with Gasteiger partial charge in [0.25, 0.3) is 11.7 Å². The maximum absolute atomic E-state index is 11.3. The van der Waals surface area contributed by atoms with E-state index in [9.17, 15) is 9.59 Å². The molecule has 1 amide bonds. The van der Waals surface area contributed by atoms with Crippen LogP contribution in [0.25, 0.3) is 0 Å². The Hall–Kier alpha value is -1.88. The molecule has 0 atom stereocenters. The van der Waals surface area contributed by atoms with Gasteiger partial charge in [0.2, 0.25) is 0 Å². The van der Waals surface area contributed by atoms with E-state index in [1.165, 1.54) is 0 Å². The van der Waals surface area contributed by atoms with Crippen molar-refractivity contribution in [3.05, 3.63) is 23.8 Å². The van der Waals surface area contributed by atoms with Crippen LogP contribution in [-0.2, 0) is 9.53 Å². The standard InChI is InChI=1S/C11H11NO4/c1-15-4-5-16-7-2-3-8-9(6-7)12-11(14)10(8)13/h2-3,6H,4-5H2,1H3,(H,12,13,14). The first-order chi connectivity index (χ1) is 7.72. The Bertz CT molecular complexity index is 442. The molecule has 1 aliphatic heterocycles.